The van der Waals surface area contributed by atoms with Crippen molar-refractivity contribution >= 4 is 39.4 Å². The molecule has 0 saturated heterocycles. The predicted octanol–water partition coefficient (Wildman–Crippen LogP) is 4.63. The number of nitrogens with one attached hydrogen (secondary N) is 1. The van der Waals surface area contributed by atoms with Crippen molar-refractivity contribution in [2.75, 3.05) is 5.32 Å². The molecule has 0 bridgehead atoms. The molecule has 30 heavy (non-hydrogen) atoms. The molecule has 2 heterocycles. The number of anilines is 1. The summed E-state index contributed by atoms with van der Waals surface area (Å²) in [4.78, 5) is 16.9. The molecule has 2 aromatic heterocycles. The minimum atomic E-state index is -0.479. The third-order valence-corrected chi connectivity index (χ3v) is 5.20. The van der Waals surface area contributed by atoms with E-state index in [-0.39, 0.29) is 22.5 Å². The number of hydrogen-bond acceptors (Lipinski definition) is 4. The van der Waals surface area contributed by atoms with Gasteiger partial charge in [0.1, 0.15) is 22.9 Å². The summed E-state index contributed by atoms with van der Waals surface area (Å²) < 4.78 is 17.2. The van der Waals surface area contributed by atoms with Crippen LogP contribution in [0.4, 0.5) is 10.3 Å². The Labute approximate surface area is 184 Å². The highest BCUT2D eigenvalue weighted by molar-refractivity contribution is 9.10. The van der Waals surface area contributed by atoms with Gasteiger partial charge in [0.2, 0.25) is 5.95 Å². The maximum Gasteiger partial charge on any atom is 0.263 e. The molecule has 0 saturated carbocycles. The third kappa shape index (κ3) is 4.27. The van der Waals surface area contributed by atoms with Gasteiger partial charge in [-0.25, -0.2) is 18.7 Å². The van der Waals surface area contributed by atoms with Crippen LogP contribution in [-0.4, -0.2) is 30.5 Å². The number of rotatable bonds is 5. The highest BCUT2D eigenvalue weighted by Crippen LogP contribution is 2.24. The van der Waals surface area contributed by atoms with Crippen LogP contribution in [0, 0.1) is 12.7 Å². The first-order chi connectivity index (χ1) is 14.4. The second-order valence-electron chi connectivity index (χ2n) is 6.49. The first-order valence-electron chi connectivity index (χ1n) is 8.87. The highest BCUT2D eigenvalue weighted by atomic mass is 79.9. The summed E-state index contributed by atoms with van der Waals surface area (Å²) in [5.41, 5.74) is 2.21. The molecule has 0 spiro atoms. The number of halogens is 3. The highest BCUT2D eigenvalue weighted by Gasteiger charge is 2.22. The van der Waals surface area contributed by atoms with Crippen LogP contribution in [0.3, 0.4) is 0 Å². The molecule has 0 aliphatic rings. The zero-order chi connectivity index (χ0) is 21.3. The lowest BCUT2D eigenvalue weighted by atomic mass is 10.2. The molecule has 4 aromatic rings. The molecular formula is C20H15BrClFN6O. The number of aryl methyl sites for hydroxylation is 1. The molecule has 0 unspecified atom stereocenters. The van der Waals surface area contributed by atoms with E-state index in [2.05, 4.69) is 36.4 Å². The largest absolute Gasteiger partial charge is 0.289 e. The average Bonchev–Trinajstić information content (AvgIpc) is 3.27. The first kappa shape index (κ1) is 20.2. The molecular weight excluding hydrogens is 475 g/mol. The lowest BCUT2D eigenvalue weighted by molar-refractivity contribution is 0.102. The number of carbonyl (C=O) groups is 1. The predicted molar refractivity (Wildman–Crippen MR) is 114 cm³/mol. The van der Waals surface area contributed by atoms with Crippen LogP contribution < -0.4 is 5.32 Å². The summed E-state index contributed by atoms with van der Waals surface area (Å²) in [5.74, 6) is -0.698. The molecule has 0 atom stereocenters. The van der Waals surface area contributed by atoms with Gasteiger partial charge < -0.3 is 0 Å². The fourth-order valence-electron chi connectivity index (χ4n) is 2.88. The number of aromatic nitrogens is 5. The van der Waals surface area contributed by atoms with Crippen LogP contribution in [0.2, 0.25) is 5.15 Å². The van der Waals surface area contributed by atoms with Crippen molar-refractivity contribution in [1.82, 2.24) is 24.5 Å². The third-order valence-electron chi connectivity index (χ3n) is 4.32. The minimum absolute atomic E-state index is 0.117. The van der Waals surface area contributed by atoms with Gasteiger partial charge in [0.05, 0.1) is 17.9 Å². The first-order valence-corrected chi connectivity index (χ1v) is 10.0. The molecule has 0 fully saturated rings. The van der Waals surface area contributed by atoms with Crippen molar-refractivity contribution in [3.63, 3.8) is 0 Å². The molecule has 4 rings (SSSR count). The van der Waals surface area contributed by atoms with Gasteiger partial charge in [0.15, 0.2) is 0 Å². The number of hydrogen-bond donors (Lipinski definition) is 1. The second-order valence-corrected chi connectivity index (χ2v) is 7.76. The Kier molecular flexibility index (Phi) is 5.65. The van der Waals surface area contributed by atoms with Gasteiger partial charge in [-0.1, -0.05) is 39.7 Å². The molecule has 2 aromatic carbocycles. The van der Waals surface area contributed by atoms with E-state index >= 15 is 0 Å². The molecule has 1 N–H and O–H groups in total. The lowest BCUT2D eigenvalue weighted by Crippen LogP contribution is -2.14. The summed E-state index contributed by atoms with van der Waals surface area (Å²) in [7, 11) is 0. The average molecular weight is 490 g/mol. The molecule has 1 amide bonds. The monoisotopic (exact) mass is 488 g/mol. The summed E-state index contributed by atoms with van der Waals surface area (Å²) in [6, 6.07) is 13.5. The molecule has 0 aliphatic carbocycles. The van der Waals surface area contributed by atoms with Gasteiger partial charge in [-0.2, -0.15) is 5.10 Å². The zero-order valence-electron chi connectivity index (χ0n) is 15.7. The maximum absolute atomic E-state index is 13.2. The molecule has 152 valence electrons. The van der Waals surface area contributed by atoms with Crippen LogP contribution in [0.15, 0.2) is 59.3 Å². The van der Waals surface area contributed by atoms with E-state index in [1.54, 1.807) is 11.6 Å². The van der Waals surface area contributed by atoms with Crippen LogP contribution in [0.1, 0.15) is 21.6 Å². The van der Waals surface area contributed by atoms with Gasteiger partial charge in [-0.3, -0.25) is 10.1 Å². The van der Waals surface area contributed by atoms with Crippen molar-refractivity contribution in [2.24, 2.45) is 0 Å². The zero-order valence-corrected chi connectivity index (χ0v) is 18.0. The quantitative estimate of drug-likeness (QED) is 0.443. The van der Waals surface area contributed by atoms with E-state index in [1.807, 2.05) is 24.3 Å². The summed E-state index contributed by atoms with van der Waals surface area (Å²) in [6.07, 6.45) is 1.54. The number of nitrogens with zero attached hydrogens (tertiary/aromatic N) is 5. The Morgan fingerprint density at radius 3 is 2.53 bits per heavy atom. The van der Waals surface area contributed by atoms with Crippen molar-refractivity contribution in [3.05, 3.63) is 87.1 Å². The fourth-order valence-corrected chi connectivity index (χ4v) is 3.50. The number of benzene rings is 2. The van der Waals surface area contributed by atoms with E-state index in [0.717, 1.165) is 10.0 Å². The topological polar surface area (TPSA) is 77.6 Å². The molecule has 0 aliphatic heterocycles. The van der Waals surface area contributed by atoms with Crippen LogP contribution >= 0.6 is 27.5 Å². The van der Waals surface area contributed by atoms with Gasteiger partial charge in [0, 0.05) is 4.47 Å². The van der Waals surface area contributed by atoms with E-state index in [1.165, 1.54) is 35.3 Å². The smallest absolute Gasteiger partial charge is 0.263 e. The van der Waals surface area contributed by atoms with Crippen LogP contribution in [-0.2, 0) is 6.54 Å². The normalized spacial score (nSPS) is 10.9. The van der Waals surface area contributed by atoms with Crippen LogP contribution in [0.25, 0.3) is 5.69 Å². The van der Waals surface area contributed by atoms with Crippen molar-refractivity contribution in [2.45, 2.75) is 13.5 Å². The van der Waals surface area contributed by atoms with E-state index in [9.17, 15) is 9.18 Å². The number of amides is 1. The van der Waals surface area contributed by atoms with Crippen molar-refractivity contribution in [3.8, 4) is 5.69 Å². The van der Waals surface area contributed by atoms with Crippen molar-refractivity contribution in [1.29, 1.82) is 0 Å². The maximum atomic E-state index is 13.2. The Hall–Kier alpha value is -3.04. The molecule has 10 heteroatoms. The fraction of sp³-hybridized carbons (Fsp3) is 0.100. The summed E-state index contributed by atoms with van der Waals surface area (Å²) in [5, 5.41) is 11.3. The van der Waals surface area contributed by atoms with Gasteiger partial charge in [-0.05, 0) is 48.9 Å². The van der Waals surface area contributed by atoms with Gasteiger partial charge in [-0.15, -0.1) is 5.10 Å². The van der Waals surface area contributed by atoms with Gasteiger partial charge in [0.25, 0.3) is 5.91 Å². The van der Waals surface area contributed by atoms with Gasteiger partial charge >= 0.3 is 0 Å². The molecule has 0 radical (unpaired) electrons. The van der Waals surface area contributed by atoms with E-state index in [4.69, 9.17) is 11.6 Å². The Bertz CT molecular complexity index is 1200. The van der Waals surface area contributed by atoms with E-state index < -0.39 is 5.91 Å². The van der Waals surface area contributed by atoms with Crippen LogP contribution in [0.5, 0.6) is 0 Å². The Balaban J connectivity index is 1.51. The lowest BCUT2D eigenvalue weighted by Gasteiger charge is -2.04. The number of carbonyl (C=O) groups excluding carboxylic acids is 1. The molecule has 7 nitrogen and oxygen atoms in total. The summed E-state index contributed by atoms with van der Waals surface area (Å²) >= 11 is 9.79. The van der Waals surface area contributed by atoms with Crippen molar-refractivity contribution < 1.29 is 9.18 Å². The minimum Gasteiger partial charge on any atom is -0.289 e. The second kappa shape index (κ2) is 8.37. The standard InChI is InChI=1S/C20H15BrClFN6O/c1-12-17(18(22)29(26-12)16-8-6-15(23)7-9-16)19(30)25-20-24-11-28(27-20)10-13-2-4-14(21)5-3-13/h2-9,11H,10H2,1H3,(H,25,27,30). The SMILES string of the molecule is Cc1nn(-c2ccc(F)cc2)c(Cl)c1C(=O)Nc1ncn(Cc2ccc(Br)cc2)n1. The summed E-state index contributed by atoms with van der Waals surface area (Å²) in [6.45, 7) is 2.18. The Morgan fingerprint density at radius 1 is 1.13 bits per heavy atom. The van der Waals surface area contributed by atoms with E-state index in [0.29, 0.717) is 17.9 Å². The Morgan fingerprint density at radius 2 is 1.83 bits per heavy atom.